The quantitative estimate of drug-likeness (QED) is 0.566. The van der Waals surface area contributed by atoms with Gasteiger partial charge in [-0.1, -0.05) is 0 Å². The van der Waals surface area contributed by atoms with E-state index in [1.165, 1.54) is 0 Å². The molecule has 0 aromatic carbocycles. The summed E-state index contributed by atoms with van der Waals surface area (Å²) in [6.45, 7) is 0. The van der Waals surface area contributed by atoms with Crippen molar-refractivity contribution in [1.82, 2.24) is 0 Å². The number of isocyanates is 3. The first-order chi connectivity index (χ1) is 9.28. The summed E-state index contributed by atoms with van der Waals surface area (Å²) in [5, 5.41) is 0. The molecule has 0 heterocycles. The summed E-state index contributed by atoms with van der Waals surface area (Å²) in [5.41, 5.74) is 0. The minimum atomic E-state index is -0.178. The third-order valence-corrected chi connectivity index (χ3v) is 4.29. The first-order valence-corrected chi connectivity index (χ1v) is 6.49. The van der Waals surface area contributed by atoms with Gasteiger partial charge in [-0.05, 0) is 43.9 Å². The highest BCUT2D eigenvalue weighted by molar-refractivity contribution is 5.35. The smallest absolute Gasteiger partial charge is 0.211 e. The van der Waals surface area contributed by atoms with Gasteiger partial charge < -0.3 is 0 Å². The normalized spacial score (nSPS) is 36.9. The van der Waals surface area contributed by atoms with Crippen molar-refractivity contribution >= 4 is 18.2 Å². The summed E-state index contributed by atoms with van der Waals surface area (Å²) in [5.74, 6) is 0.589. The zero-order valence-corrected chi connectivity index (χ0v) is 10.5. The Hall–Kier alpha value is -1.86. The van der Waals surface area contributed by atoms with Crippen LogP contribution in [0.2, 0.25) is 0 Å². The zero-order valence-electron chi connectivity index (χ0n) is 10.5. The van der Waals surface area contributed by atoms with Gasteiger partial charge in [0, 0.05) is 0 Å². The molecular weight excluding hydrogens is 246 g/mol. The van der Waals surface area contributed by atoms with Crippen LogP contribution in [0.5, 0.6) is 0 Å². The maximum Gasteiger partial charge on any atom is 0.235 e. The van der Waals surface area contributed by atoms with Crippen molar-refractivity contribution in [2.45, 2.75) is 50.2 Å². The van der Waals surface area contributed by atoms with E-state index in [0.29, 0.717) is 12.3 Å². The molecule has 0 bridgehead atoms. The molecule has 0 spiro atoms. The monoisotopic (exact) mass is 261 g/mol. The Morgan fingerprint density at radius 2 is 1.42 bits per heavy atom. The fraction of sp³-hybridized carbons (Fsp3) is 0.769. The van der Waals surface area contributed by atoms with E-state index in [1.54, 1.807) is 18.2 Å². The average molecular weight is 261 g/mol. The van der Waals surface area contributed by atoms with Crippen molar-refractivity contribution in [2.75, 3.05) is 0 Å². The molecule has 0 aromatic rings. The molecule has 2 aliphatic carbocycles. The lowest BCUT2D eigenvalue weighted by Gasteiger charge is -2.42. The topological polar surface area (TPSA) is 88.3 Å². The maximum atomic E-state index is 10.5. The molecule has 5 unspecified atom stereocenters. The van der Waals surface area contributed by atoms with Crippen molar-refractivity contribution < 1.29 is 14.4 Å². The Morgan fingerprint density at radius 1 is 0.737 bits per heavy atom. The third kappa shape index (κ3) is 3.12. The van der Waals surface area contributed by atoms with E-state index in [4.69, 9.17) is 0 Å². The predicted octanol–water partition coefficient (Wildman–Crippen LogP) is 1.31. The van der Waals surface area contributed by atoms with Gasteiger partial charge in [0.1, 0.15) is 0 Å². The van der Waals surface area contributed by atoms with Crippen LogP contribution in [0.15, 0.2) is 15.0 Å². The van der Waals surface area contributed by atoms with Gasteiger partial charge in [-0.25, -0.2) is 29.4 Å². The van der Waals surface area contributed by atoms with Crippen LogP contribution >= 0.6 is 0 Å². The van der Waals surface area contributed by atoms with Gasteiger partial charge in [-0.2, -0.15) is 0 Å². The molecule has 2 aliphatic rings. The first kappa shape index (κ1) is 13.6. The van der Waals surface area contributed by atoms with Gasteiger partial charge >= 0.3 is 0 Å². The molecule has 2 saturated carbocycles. The van der Waals surface area contributed by atoms with Crippen LogP contribution in [0, 0.1) is 11.8 Å². The Kier molecular flexibility index (Phi) is 4.53. The molecule has 0 aromatic heterocycles. The summed E-state index contributed by atoms with van der Waals surface area (Å²) < 4.78 is 0. The van der Waals surface area contributed by atoms with Crippen LogP contribution in [-0.2, 0) is 14.4 Å². The lowest BCUT2D eigenvalue weighted by atomic mass is 9.66. The predicted molar refractivity (Wildman–Crippen MR) is 65.8 cm³/mol. The summed E-state index contributed by atoms with van der Waals surface area (Å²) >= 11 is 0. The SMILES string of the molecule is O=C=NC1CC2CCC(N=C=O)CC2C(N=C=O)C1. The molecule has 2 fully saturated rings. The standard InChI is InChI=1S/C13H15N3O3/c17-6-14-10-2-1-9-3-11(15-7-18)5-13(16-8-19)12(9)4-10/h9-13H,1-5H2. The molecule has 6 nitrogen and oxygen atoms in total. The van der Waals surface area contributed by atoms with Crippen molar-refractivity contribution in [3.63, 3.8) is 0 Å². The average Bonchev–Trinajstić information content (AvgIpc) is 2.40. The molecule has 0 amide bonds. The molecular formula is C13H15N3O3. The fourth-order valence-corrected chi connectivity index (χ4v) is 3.50. The van der Waals surface area contributed by atoms with Crippen LogP contribution in [0.4, 0.5) is 0 Å². The van der Waals surface area contributed by atoms with Crippen molar-refractivity contribution in [3.05, 3.63) is 0 Å². The zero-order chi connectivity index (χ0) is 13.7. The first-order valence-electron chi connectivity index (χ1n) is 6.49. The molecule has 19 heavy (non-hydrogen) atoms. The second-order valence-corrected chi connectivity index (χ2v) is 5.24. The van der Waals surface area contributed by atoms with Crippen molar-refractivity contribution in [1.29, 1.82) is 0 Å². The summed E-state index contributed by atoms with van der Waals surface area (Å²) in [7, 11) is 0. The second-order valence-electron chi connectivity index (χ2n) is 5.24. The Morgan fingerprint density at radius 3 is 2.11 bits per heavy atom. The largest absolute Gasteiger partial charge is 0.235 e. The van der Waals surface area contributed by atoms with Gasteiger partial charge in [-0.15, -0.1) is 0 Å². The molecule has 0 N–H and O–H groups in total. The number of hydrogen-bond acceptors (Lipinski definition) is 6. The second kappa shape index (κ2) is 6.35. The van der Waals surface area contributed by atoms with E-state index in [2.05, 4.69) is 15.0 Å². The van der Waals surface area contributed by atoms with Crippen LogP contribution < -0.4 is 0 Å². The van der Waals surface area contributed by atoms with Crippen LogP contribution in [0.1, 0.15) is 32.1 Å². The maximum absolute atomic E-state index is 10.5. The minimum Gasteiger partial charge on any atom is -0.211 e. The van der Waals surface area contributed by atoms with Crippen LogP contribution in [-0.4, -0.2) is 36.4 Å². The highest BCUT2D eigenvalue weighted by Crippen LogP contribution is 2.43. The highest BCUT2D eigenvalue weighted by Gasteiger charge is 2.41. The third-order valence-electron chi connectivity index (χ3n) is 4.29. The van der Waals surface area contributed by atoms with E-state index < -0.39 is 0 Å². The Bertz CT molecular complexity index is 474. The molecule has 100 valence electrons. The highest BCUT2D eigenvalue weighted by atomic mass is 16.1. The number of aliphatic imine (C=N–C) groups is 3. The summed E-state index contributed by atoms with van der Waals surface area (Å²) in [4.78, 5) is 42.7. The summed E-state index contributed by atoms with van der Waals surface area (Å²) in [6, 6.07) is -0.302. The minimum absolute atomic E-state index is 0.0192. The van der Waals surface area contributed by atoms with Crippen molar-refractivity contribution in [2.24, 2.45) is 26.8 Å². The molecule has 0 saturated heterocycles. The molecule has 0 radical (unpaired) electrons. The number of nitrogens with zero attached hydrogens (tertiary/aromatic N) is 3. The van der Waals surface area contributed by atoms with Gasteiger partial charge in [0.15, 0.2) is 0 Å². The fourth-order valence-electron chi connectivity index (χ4n) is 3.50. The molecule has 0 aliphatic heterocycles. The lowest BCUT2D eigenvalue weighted by molar-refractivity contribution is 0.123. The summed E-state index contributed by atoms with van der Waals surface area (Å²) in [6.07, 6.45) is 8.69. The molecule has 2 rings (SSSR count). The van der Waals surface area contributed by atoms with Gasteiger partial charge in [0.05, 0.1) is 18.1 Å². The van der Waals surface area contributed by atoms with Crippen LogP contribution in [0.25, 0.3) is 0 Å². The Labute approximate surface area is 110 Å². The van der Waals surface area contributed by atoms with Gasteiger partial charge in [0.25, 0.3) is 0 Å². The molecule has 5 atom stereocenters. The lowest BCUT2D eigenvalue weighted by Crippen LogP contribution is -2.41. The number of rotatable bonds is 3. The van der Waals surface area contributed by atoms with Gasteiger partial charge in [-0.3, -0.25) is 0 Å². The van der Waals surface area contributed by atoms with E-state index in [0.717, 1.165) is 25.7 Å². The van der Waals surface area contributed by atoms with Gasteiger partial charge in [0.2, 0.25) is 18.2 Å². The van der Waals surface area contributed by atoms with E-state index in [9.17, 15) is 14.4 Å². The number of carbonyl (C=O) groups excluding carboxylic acids is 3. The van der Waals surface area contributed by atoms with Crippen LogP contribution in [0.3, 0.4) is 0 Å². The van der Waals surface area contributed by atoms with E-state index >= 15 is 0 Å². The number of fused-ring (bicyclic) bond motifs is 1. The Balaban J connectivity index is 2.16. The number of hydrogen-bond donors (Lipinski definition) is 0. The molecule has 6 heteroatoms. The van der Waals surface area contributed by atoms with Crippen molar-refractivity contribution in [3.8, 4) is 0 Å². The van der Waals surface area contributed by atoms with E-state index in [1.807, 2.05) is 0 Å². The van der Waals surface area contributed by atoms with E-state index in [-0.39, 0.29) is 24.0 Å².